The van der Waals surface area contributed by atoms with Gasteiger partial charge in [-0.2, -0.15) is 0 Å². The molecule has 1 saturated heterocycles. The monoisotopic (exact) mass is 408 g/mol. The Labute approximate surface area is 175 Å². The number of halogens is 1. The summed E-state index contributed by atoms with van der Waals surface area (Å²) in [5, 5.41) is 3.99. The van der Waals surface area contributed by atoms with Crippen molar-refractivity contribution in [1.29, 1.82) is 0 Å². The maximum absolute atomic E-state index is 14.3. The third kappa shape index (κ3) is 3.97. The first-order valence-corrected chi connectivity index (χ1v) is 10.4. The molecule has 1 aliphatic heterocycles. The van der Waals surface area contributed by atoms with E-state index in [1.165, 1.54) is 12.1 Å². The van der Waals surface area contributed by atoms with Crippen LogP contribution in [0.5, 0.6) is 0 Å². The molecular weight excluding hydrogens is 383 g/mol. The van der Waals surface area contributed by atoms with Crippen LogP contribution >= 0.6 is 0 Å². The third-order valence-corrected chi connectivity index (χ3v) is 5.42. The lowest BCUT2D eigenvalue weighted by atomic mass is 9.94. The first-order chi connectivity index (χ1) is 14.6. The van der Waals surface area contributed by atoms with Gasteiger partial charge in [0.05, 0.1) is 28.6 Å². The van der Waals surface area contributed by atoms with Crippen molar-refractivity contribution >= 4 is 5.91 Å². The number of hydrogen-bond acceptors (Lipinski definition) is 5. The molecule has 0 bridgehead atoms. The van der Waals surface area contributed by atoms with Crippen molar-refractivity contribution in [3.8, 4) is 11.3 Å². The first-order valence-electron chi connectivity index (χ1n) is 10.4. The fraction of sp³-hybridized carbons (Fsp3) is 0.391. The van der Waals surface area contributed by atoms with E-state index in [9.17, 15) is 9.18 Å². The van der Waals surface area contributed by atoms with Crippen molar-refractivity contribution in [2.75, 3.05) is 6.54 Å². The maximum Gasteiger partial charge on any atom is 0.257 e. The first kappa shape index (κ1) is 20.2. The van der Waals surface area contributed by atoms with Gasteiger partial charge in [-0.05, 0) is 44.7 Å². The lowest BCUT2D eigenvalue weighted by Gasteiger charge is -2.36. The number of carbonyl (C=O) groups excluding carboxylic acids is 1. The largest absolute Gasteiger partial charge is 0.356 e. The minimum Gasteiger partial charge on any atom is -0.356 e. The molecule has 3 heterocycles. The molecule has 1 aliphatic rings. The van der Waals surface area contributed by atoms with Crippen LogP contribution in [0, 0.1) is 12.7 Å². The molecule has 0 unspecified atom stereocenters. The van der Waals surface area contributed by atoms with Crippen LogP contribution < -0.4 is 0 Å². The molecule has 0 saturated carbocycles. The molecule has 3 aromatic rings. The standard InChI is InChI=1S/C23H25FN4O2/c1-3-8-21-25-14-17(20-13-15(2)27-30-20)22(26-21)19-11-6-7-12-28(19)23(29)16-9-4-5-10-18(16)24/h4-5,9-10,13-14,19H,3,6-8,11-12H2,1-2H3/t19-/m1/s1. The van der Waals surface area contributed by atoms with Crippen molar-refractivity contribution in [3.05, 3.63) is 65.1 Å². The summed E-state index contributed by atoms with van der Waals surface area (Å²) >= 11 is 0. The number of likely N-dealkylation sites (tertiary alicyclic amines) is 1. The van der Waals surface area contributed by atoms with Gasteiger partial charge in [0.2, 0.25) is 0 Å². The Balaban J connectivity index is 1.78. The number of benzene rings is 1. The second kappa shape index (κ2) is 8.73. The maximum atomic E-state index is 14.3. The normalized spacial score (nSPS) is 16.6. The van der Waals surface area contributed by atoms with E-state index in [0.29, 0.717) is 12.3 Å². The number of hydrogen-bond donors (Lipinski definition) is 0. The molecule has 1 aromatic carbocycles. The van der Waals surface area contributed by atoms with Crippen LogP contribution in [-0.4, -0.2) is 32.5 Å². The Morgan fingerprint density at radius 1 is 1.30 bits per heavy atom. The van der Waals surface area contributed by atoms with Gasteiger partial charge >= 0.3 is 0 Å². The quantitative estimate of drug-likeness (QED) is 0.600. The summed E-state index contributed by atoms with van der Waals surface area (Å²) in [6, 6.07) is 7.69. The summed E-state index contributed by atoms with van der Waals surface area (Å²) in [5.74, 6) is 0.492. The average molecular weight is 408 g/mol. The van der Waals surface area contributed by atoms with Crippen LogP contribution in [0.15, 0.2) is 41.1 Å². The summed E-state index contributed by atoms with van der Waals surface area (Å²) in [6.07, 6.45) is 6.02. The summed E-state index contributed by atoms with van der Waals surface area (Å²) < 4.78 is 19.8. The van der Waals surface area contributed by atoms with E-state index >= 15 is 0 Å². The molecule has 156 valence electrons. The van der Waals surface area contributed by atoms with Crippen LogP contribution in [0.2, 0.25) is 0 Å². The van der Waals surface area contributed by atoms with Crippen molar-refractivity contribution in [2.45, 2.75) is 52.0 Å². The number of rotatable bonds is 5. The van der Waals surface area contributed by atoms with Gasteiger partial charge in [0.1, 0.15) is 11.6 Å². The van der Waals surface area contributed by atoms with Crippen molar-refractivity contribution in [1.82, 2.24) is 20.0 Å². The fourth-order valence-corrected chi connectivity index (χ4v) is 3.96. The van der Waals surface area contributed by atoms with Crippen LogP contribution in [-0.2, 0) is 6.42 Å². The van der Waals surface area contributed by atoms with E-state index in [-0.39, 0.29) is 17.5 Å². The topological polar surface area (TPSA) is 72.1 Å². The highest BCUT2D eigenvalue weighted by molar-refractivity contribution is 5.95. The summed E-state index contributed by atoms with van der Waals surface area (Å²) in [5.41, 5.74) is 2.32. The molecule has 1 fully saturated rings. The lowest BCUT2D eigenvalue weighted by Crippen LogP contribution is -2.39. The third-order valence-electron chi connectivity index (χ3n) is 5.42. The van der Waals surface area contributed by atoms with Gasteiger partial charge in [-0.1, -0.05) is 24.2 Å². The Morgan fingerprint density at radius 2 is 2.13 bits per heavy atom. The highest BCUT2D eigenvalue weighted by Crippen LogP contribution is 2.37. The minimum atomic E-state index is -0.507. The van der Waals surface area contributed by atoms with E-state index in [1.807, 2.05) is 13.0 Å². The number of aromatic nitrogens is 3. The van der Waals surface area contributed by atoms with Crippen molar-refractivity contribution in [2.24, 2.45) is 0 Å². The number of carbonyl (C=O) groups is 1. The smallest absolute Gasteiger partial charge is 0.257 e. The molecule has 0 radical (unpaired) electrons. The molecule has 2 aromatic heterocycles. The van der Waals surface area contributed by atoms with Gasteiger partial charge in [0.25, 0.3) is 5.91 Å². The van der Waals surface area contributed by atoms with Crippen LogP contribution in [0.4, 0.5) is 4.39 Å². The van der Waals surface area contributed by atoms with Crippen LogP contribution in [0.25, 0.3) is 11.3 Å². The molecule has 1 amide bonds. The summed E-state index contributed by atoms with van der Waals surface area (Å²) in [4.78, 5) is 24.3. The van der Waals surface area contributed by atoms with Gasteiger partial charge in [0, 0.05) is 25.2 Å². The predicted octanol–water partition coefficient (Wildman–Crippen LogP) is 4.90. The molecule has 0 N–H and O–H groups in total. The van der Waals surface area contributed by atoms with E-state index in [0.717, 1.165) is 54.9 Å². The van der Waals surface area contributed by atoms with Gasteiger partial charge in [-0.25, -0.2) is 14.4 Å². The fourth-order valence-electron chi connectivity index (χ4n) is 3.96. The lowest BCUT2D eigenvalue weighted by molar-refractivity contribution is 0.0601. The number of amides is 1. The molecular formula is C23H25FN4O2. The molecule has 0 spiro atoms. The zero-order valence-corrected chi connectivity index (χ0v) is 17.3. The number of aryl methyl sites for hydroxylation is 2. The van der Waals surface area contributed by atoms with E-state index < -0.39 is 5.82 Å². The average Bonchev–Trinajstić information content (AvgIpc) is 3.20. The Morgan fingerprint density at radius 3 is 2.87 bits per heavy atom. The molecule has 30 heavy (non-hydrogen) atoms. The Kier molecular flexibility index (Phi) is 5.88. The zero-order valence-electron chi connectivity index (χ0n) is 17.3. The predicted molar refractivity (Wildman–Crippen MR) is 110 cm³/mol. The second-order valence-corrected chi connectivity index (χ2v) is 7.66. The van der Waals surface area contributed by atoms with Gasteiger partial charge < -0.3 is 9.42 Å². The van der Waals surface area contributed by atoms with Crippen molar-refractivity contribution < 1.29 is 13.7 Å². The highest BCUT2D eigenvalue weighted by atomic mass is 19.1. The van der Waals surface area contributed by atoms with E-state index in [2.05, 4.69) is 17.1 Å². The second-order valence-electron chi connectivity index (χ2n) is 7.66. The Bertz CT molecular complexity index is 1050. The number of piperidine rings is 1. The van der Waals surface area contributed by atoms with Crippen LogP contribution in [0.1, 0.15) is 66.2 Å². The van der Waals surface area contributed by atoms with E-state index in [4.69, 9.17) is 9.51 Å². The zero-order chi connectivity index (χ0) is 21.1. The molecule has 4 rings (SSSR count). The SMILES string of the molecule is CCCc1ncc(-c2cc(C)no2)c([C@H]2CCCCN2C(=O)c2ccccc2F)n1. The highest BCUT2D eigenvalue weighted by Gasteiger charge is 2.33. The van der Waals surface area contributed by atoms with Gasteiger partial charge in [-0.3, -0.25) is 4.79 Å². The minimum absolute atomic E-state index is 0.0873. The molecule has 0 aliphatic carbocycles. The van der Waals surface area contributed by atoms with E-state index in [1.54, 1.807) is 23.2 Å². The van der Waals surface area contributed by atoms with Crippen LogP contribution in [0.3, 0.4) is 0 Å². The molecule has 1 atom stereocenters. The summed E-state index contributed by atoms with van der Waals surface area (Å²) in [6.45, 7) is 4.48. The number of nitrogens with zero attached hydrogens (tertiary/aromatic N) is 4. The van der Waals surface area contributed by atoms with Gasteiger partial charge in [-0.15, -0.1) is 0 Å². The molecule has 6 nitrogen and oxygen atoms in total. The van der Waals surface area contributed by atoms with Crippen molar-refractivity contribution in [3.63, 3.8) is 0 Å². The summed E-state index contributed by atoms with van der Waals surface area (Å²) in [7, 11) is 0. The molecule has 7 heteroatoms. The Hall–Kier alpha value is -3.09. The van der Waals surface area contributed by atoms with Gasteiger partial charge in [0.15, 0.2) is 5.76 Å².